The maximum Gasteiger partial charge on any atom is 0.243 e. The fraction of sp³-hybridized carbons (Fsp3) is 0.500. The lowest BCUT2D eigenvalue weighted by Gasteiger charge is -2.30. The van der Waals surface area contributed by atoms with Gasteiger partial charge in [-0.25, -0.2) is 8.42 Å². The highest BCUT2D eigenvalue weighted by molar-refractivity contribution is 7.89. The number of hydrogen-bond donors (Lipinski definition) is 0. The lowest BCUT2D eigenvalue weighted by atomic mass is 10.1. The molecule has 0 N–H and O–H groups in total. The van der Waals surface area contributed by atoms with Crippen LogP contribution < -0.4 is 0 Å². The van der Waals surface area contributed by atoms with Crippen molar-refractivity contribution >= 4 is 16.3 Å². The van der Waals surface area contributed by atoms with Gasteiger partial charge in [0.05, 0.1) is 10.9 Å². The molecule has 3 atom stereocenters. The number of carbonyl (C=O) groups is 1. The van der Waals surface area contributed by atoms with E-state index in [1.165, 1.54) is 4.31 Å². The molecule has 4 nitrogen and oxygen atoms in total. The summed E-state index contributed by atoms with van der Waals surface area (Å²) in [5.41, 5.74) is 1.02. The summed E-state index contributed by atoms with van der Waals surface area (Å²) in [5, 5.41) is 0. The second kappa shape index (κ2) is 4.42. The number of carbonyl (C=O) groups excluding carboxylic acids is 1. The highest BCUT2D eigenvalue weighted by Crippen LogP contribution is 2.47. The third-order valence-electron chi connectivity index (χ3n) is 4.18. The smallest absolute Gasteiger partial charge is 0.243 e. The van der Waals surface area contributed by atoms with E-state index in [1.807, 2.05) is 6.92 Å². The van der Waals surface area contributed by atoms with E-state index in [0.717, 1.165) is 18.3 Å². The van der Waals surface area contributed by atoms with Gasteiger partial charge in [0.15, 0.2) is 0 Å². The summed E-state index contributed by atoms with van der Waals surface area (Å²) in [6.45, 7) is 2.41. The van der Waals surface area contributed by atoms with Crippen molar-refractivity contribution in [3.05, 3.63) is 29.8 Å². The first-order chi connectivity index (χ1) is 9.02. The molecule has 1 saturated heterocycles. The van der Waals surface area contributed by atoms with Crippen molar-refractivity contribution in [1.82, 2.24) is 4.31 Å². The molecule has 0 spiro atoms. The summed E-state index contributed by atoms with van der Waals surface area (Å²) >= 11 is 0. The third-order valence-corrected chi connectivity index (χ3v) is 6.09. The lowest BCUT2D eigenvalue weighted by molar-refractivity contribution is -0.111. The third kappa shape index (κ3) is 2.21. The molecule has 3 unspecified atom stereocenters. The Balaban J connectivity index is 1.94. The van der Waals surface area contributed by atoms with E-state index in [0.29, 0.717) is 24.8 Å². The molecule has 19 heavy (non-hydrogen) atoms. The topological polar surface area (TPSA) is 54.5 Å². The van der Waals surface area contributed by atoms with E-state index in [4.69, 9.17) is 0 Å². The van der Waals surface area contributed by atoms with Crippen LogP contribution in [0.15, 0.2) is 29.2 Å². The van der Waals surface area contributed by atoms with Crippen molar-refractivity contribution in [3.8, 4) is 0 Å². The summed E-state index contributed by atoms with van der Waals surface area (Å²) in [6.07, 6.45) is 2.52. The van der Waals surface area contributed by atoms with Crippen LogP contribution in [0.4, 0.5) is 0 Å². The van der Waals surface area contributed by atoms with Gasteiger partial charge in [0.25, 0.3) is 0 Å². The molecular formula is C14H17NO3S. The van der Waals surface area contributed by atoms with Crippen LogP contribution in [0.5, 0.6) is 0 Å². The fourth-order valence-electron chi connectivity index (χ4n) is 2.86. The Bertz CT molecular complexity index is 594. The van der Waals surface area contributed by atoms with Crippen LogP contribution in [0.3, 0.4) is 0 Å². The van der Waals surface area contributed by atoms with Gasteiger partial charge in [0.2, 0.25) is 10.0 Å². The Kier molecular flexibility index (Phi) is 2.98. The molecule has 1 aliphatic carbocycles. The summed E-state index contributed by atoms with van der Waals surface area (Å²) in [5.74, 6) is 1.01. The van der Waals surface area contributed by atoms with Crippen molar-refractivity contribution in [3.63, 3.8) is 0 Å². The predicted octanol–water partition coefficient (Wildman–Crippen LogP) is 1.59. The zero-order valence-electron chi connectivity index (χ0n) is 10.8. The van der Waals surface area contributed by atoms with Crippen LogP contribution in [0.25, 0.3) is 0 Å². The number of sulfonamides is 1. The monoisotopic (exact) mass is 279 g/mol. The Morgan fingerprint density at radius 2 is 1.84 bits per heavy atom. The van der Waals surface area contributed by atoms with E-state index in [9.17, 15) is 13.2 Å². The number of hydrogen-bond acceptors (Lipinski definition) is 3. The van der Waals surface area contributed by atoms with Gasteiger partial charge in [-0.15, -0.1) is 0 Å². The summed E-state index contributed by atoms with van der Waals surface area (Å²) < 4.78 is 26.6. The molecular weight excluding hydrogens is 262 g/mol. The van der Waals surface area contributed by atoms with Gasteiger partial charge >= 0.3 is 0 Å². The number of aldehydes is 1. The maximum atomic E-state index is 12.6. The zero-order valence-corrected chi connectivity index (χ0v) is 11.6. The van der Waals surface area contributed by atoms with Crippen LogP contribution in [-0.4, -0.2) is 31.6 Å². The second-order valence-electron chi connectivity index (χ2n) is 5.58. The van der Waals surface area contributed by atoms with Crippen LogP contribution in [0.1, 0.15) is 18.4 Å². The molecule has 1 aromatic carbocycles. The second-order valence-corrected chi connectivity index (χ2v) is 7.47. The van der Waals surface area contributed by atoms with Crippen LogP contribution in [0.2, 0.25) is 0 Å². The predicted molar refractivity (Wildman–Crippen MR) is 71.1 cm³/mol. The first-order valence-corrected chi connectivity index (χ1v) is 8.00. The number of benzene rings is 1. The number of aryl methyl sites for hydroxylation is 1. The number of rotatable bonds is 3. The first-order valence-electron chi connectivity index (χ1n) is 6.56. The van der Waals surface area contributed by atoms with Gasteiger partial charge < -0.3 is 4.79 Å². The molecule has 3 rings (SSSR count). The van der Waals surface area contributed by atoms with Gasteiger partial charge in [0, 0.05) is 6.54 Å². The highest BCUT2D eigenvalue weighted by atomic mass is 32.2. The van der Waals surface area contributed by atoms with Gasteiger partial charge in [0.1, 0.15) is 6.29 Å². The Morgan fingerprint density at radius 3 is 2.47 bits per heavy atom. The van der Waals surface area contributed by atoms with Gasteiger partial charge in [-0.1, -0.05) is 17.7 Å². The summed E-state index contributed by atoms with van der Waals surface area (Å²) in [7, 11) is -3.54. The summed E-state index contributed by atoms with van der Waals surface area (Å²) in [4.78, 5) is 11.4. The van der Waals surface area contributed by atoms with Crippen molar-refractivity contribution < 1.29 is 13.2 Å². The Hall–Kier alpha value is -1.20. The molecule has 5 heteroatoms. The molecule has 102 valence electrons. The fourth-order valence-corrected chi connectivity index (χ4v) is 4.49. The maximum absolute atomic E-state index is 12.6. The van der Waals surface area contributed by atoms with Gasteiger partial charge in [-0.3, -0.25) is 0 Å². The van der Waals surface area contributed by atoms with Crippen molar-refractivity contribution in [1.29, 1.82) is 0 Å². The number of nitrogens with zero attached hydrogens (tertiary/aromatic N) is 1. The van der Waals surface area contributed by atoms with Crippen LogP contribution in [-0.2, 0) is 14.8 Å². The lowest BCUT2D eigenvalue weighted by Crippen LogP contribution is -2.45. The first kappa shape index (κ1) is 12.8. The molecule has 1 heterocycles. The molecule has 0 bridgehead atoms. The molecule has 1 saturated carbocycles. The summed E-state index contributed by atoms with van der Waals surface area (Å²) in [6, 6.07) is 6.31. The Morgan fingerprint density at radius 1 is 1.16 bits per heavy atom. The Labute approximate surface area is 113 Å². The molecule has 2 aliphatic rings. The van der Waals surface area contributed by atoms with E-state index in [-0.39, 0.29) is 4.90 Å². The minimum absolute atomic E-state index is 0.282. The minimum atomic E-state index is -3.54. The average molecular weight is 279 g/mol. The minimum Gasteiger partial charge on any atom is -0.302 e. The number of fused-ring (bicyclic) bond motifs is 1. The normalized spacial score (nSPS) is 30.7. The van der Waals surface area contributed by atoms with Crippen molar-refractivity contribution in [2.24, 2.45) is 11.8 Å². The van der Waals surface area contributed by atoms with Crippen molar-refractivity contribution in [2.45, 2.75) is 30.7 Å². The largest absolute Gasteiger partial charge is 0.302 e. The SMILES string of the molecule is Cc1ccc(S(=O)(=O)N2CC3CC3CC2C=O)cc1. The quantitative estimate of drug-likeness (QED) is 0.790. The van der Waals surface area contributed by atoms with E-state index in [2.05, 4.69) is 0 Å². The zero-order chi connectivity index (χ0) is 13.6. The highest BCUT2D eigenvalue weighted by Gasteiger charge is 2.49. The molecule has 0 aromatic heterocycles. The van der Waals surface area contributed by atoms with E-state index >= 15 is 0 Å². The standard InChI is InChI=1S/C14H17NO3S/c1-10-2-4-14(5-3-10)19(17,18)15-8-12-6-11(12)7-13(15)9-16/h2-5,9,11-13H,6-8H2,1H3. The van der Waals surface area contributed by atoms with Crippen LogP contribution in [0, 0.1) is 18.8 Å². The number of piperidine rings is 1. The molecule has 0 radical (unpaired) electrons. The van der Waals surface area contributed by atoms with Gasteiger partial charge in [-0.2, -0.15) is 4.31 Å². The van der Waals surface area contributed by atoms with E-state index < -0.39 is 16.1 Å². The van der Waals surface area contributed by atoms with Gasteiger partial charge in [-0.05, 0) is 43.7 Å². The molecule has 1 aliphatic heterocycles. The van der Waals surface area contributed by atoms with Crippen LogP contribution >= 0.6 is 0 Å². The van der Waals surface area contributed by atoms with E-state index in [1.54, 1.807) is 24.3 Å². The molecule has 1 aromatic rings. The molecule has 2 fully saturated rings. The average Bonchev–Trinajstić information content (AvgIpc) is 3.15. The molecule has 0 amide bonds. The van der Waals surface area contributed by atoms with Crippen molar-refractivity contribution in [2.75, 3.05) is 6.54 Å².